The molecule has 84 heavy (non-hydrogen) atoms. The molecular formula is C56H127ClFIN2O18P2Si3. The molecule has 1 aliphatic rings. The maximum atomic E-state index is 11.2. The van der Waals surface area contributed by atoms with Crippen molar-refractivity contribution in [1.29, 1.82) is 0 Å². The Bertz CT molecular complexity index is 1390. The third kappa shape index (κ3) is 109. The number of carbonyl (C=O) groups is 3. The average molecular weight is 1440 g/mol. The van der Waals surface area contributed by atoms with Gasteiger partial charge in [0.25, 0.3) is 0 Å². The average Bonchev–Trinajstić information content (AvgIpc) is 4.17. The van der Waals surface area contributed by atoms with Gasteiger partial charge in [-0.25, -0.2) is 19.5 Å². The van der Waals surface area contributed by atoms with E-state index in [1.54, 1.807) is 27.7 Å². The van der Waals surface area contributed by atoms with E-state index in [4.69, 9.17) is 67.0 Å². The van der Waals surface area contributed by atoms with Crippen LogP contribution in [0.25, 0.3) is 0 Å². The van der Waals surface area contributed by atoms with Crippen LogP contribution in [0.5, 0.6) is 0 Å². The van der Waals surface area contributed by atoms with Crippen molar-refractivity contribution in [2.75, 3.05) is 84.0 Å². The number of hydrogen-bond donors (Lipinski definition) is 4. The van der Waals surface area contributed by atoms with Crippen molar-refractivity contribution < 1.29 is 112 Å². The summed E-state index contributed by atoms with van der Waals surface area (Å²) in [6, 6.07) is 0. The fraction of sp³-hybridized carbons (Fsp3) is 0.929. The van der Waals surface area contributed by atoms with E-state index in [-0.39, 0.29) is 54.8 Å². The van der Waals surface area contributed by atoms with Gasteiger partial charge in [-0.2, -0.15) is 9.59 Å². The molecule has 1 fully saturated rings. The summed E-state index contributed by atoms with van der Waals surface area (Å²) < 4.78 is 51.6. The first kappa shape index (κ1) is 105. The number of epoxide rings is 1. The minimum atomic E-state index is -1.58. The zero-order chi connectivity index (χ0) is 66.0. The predicted molar refractivity (Wildman–Crippen MR) is 352 cm³/mol. The monoisotopic (exact) mass is 1440 g/mol. The first-order chi connectivity index (χ1) is 37.8. The number of carbonyl (C=O) groups excluding carboxylic acids is 5. The smallest absolute Gasteiger partial charge is 0.508 e. The molecule has 0 aromatic heterocycles. The molecule has 0 amide bonds. The second kappa shape index (κ2) is 69.5. The minimum absolute atomic E-state index is 0. The lowest BCUT2D eigenvalue weighted by Crippen LogP contribution is -3.00. The van der Waals surface area contributed by atoms with Crippen LogP contribution >= 0.6 is 39.6 Å². The largest absolute Gasteiger partial charge is 1.00 e. The van der Waals surface area contributed by atoms with Crippen molar-refractivity contribution in [3.05, 3.63) is 0 Å². The third-order valence-corrected chi connectivity index (χ3v) is 12.5. The molecule has 0 aliphatic carbocycles. The van der Waals surface area contributed by atoms with Gasteiger partial charge in [0.2, 0.25) is 8.06 Å². The molecule has 7 unspecified atom stereocenters. The number of nitrogens with zero attached hydrogens (tertiary/aromatic N) is 1. The number of aliphatic hydroxyl groups excluding tert-OH is 3. The molecule has 1 saturated heterocycles. The summed E-state index contributed by atoms with van der Waals surface area (Å²) in [6.45, 7) is 54.9. The number of hydrogen-bond acceptors (Lipinski definition) is 18. The summed E-state index contributed by atoms with van der Waals surface area (Å²) in [6.07, 6.45) is 7.70. The predicted octanol–water partition coefficient (Wildman–Crippen LogP) is 6.74. The molecule has 7 atom stereocenters. The normalized spacial score (nSPS) is 13.8. The van der Waals surface area contributed by atoms with Gasteiger partial charge in [-0.1, -0.05) is 104 Å². The molecule has 0 spiro atoms. The molecule has 28 heteroatoms. The van der Waals surface area contributed by atoms with E-state index in [0.717, 1.165) is 14.7 Å². The van der Waals surface area contributed by atoms with E-state index in [2.05, 4.69) is 135 Å². The molecule has 0 aromatic rings. The first-order valence-electron chi connectivity index (χ1n) is 29.2. The van der Waals surface area contributed by atoms with Gasteiger partial charge >= 0.3 is 24.6 Å². The summed E-state index contributed by atoms with van der Waals surface area (Å²) in [5.74, 6) is 0.614. The van der Waals surface area contributed by atoms with E-state index < -0.39 is 55.6 Å². The highest BCUT2D eigenvalue weighted by molar-refractivity contribution is 14.1. The number of aliphatic hydroxyl groups is 3. The van der Waals surface area contributed by atoms with Crippen LogP contribution in [0.2, 0.25) is 58.9 Å². The van der Waals surface area contributed by atoms with Crippen LogP contribution in [0.3, 0.4) is 0 Å². The van der Waals surface area contributed by atoms with Gasteiger partial charge in [0.05, 0.1) is 90.7 Å². The number of halogens is 3. The molecule has 1 aliphatic heterocycles. The fourth-order valence-electron chi connectivity index (χ4n) is 5.20. The Morgan fingerprint density at radius 1 is 0.583 bits per heavy atom. The molecule has 1 heterocycles. The number of rotatable bonds is 31. The molecule has 1 rings (SSSR count). The zero-order valence-corrected chi connectivity index (χ0v) is 64.9. The van der Waals surface area contributed by atoms with Crippen LogP contribution in [0.1, 0.15) is 148 Å². The molecular weight excluding hydrogens is 1320 g/mol. The van der Waals surface area contributed by atoms with Crippen molar-refractivity contribution in [3.63, 3.8) is 0 Å². The molecule has 0 aromatic carbocycles. The van der Waals surface area contributed by atoms with Crippen molar-refractivity contribution in [3.8, 4) is 0 Å². The van der Waals surface area contributed by atoms with Gasteiger partial charge in [0.1, 0.15) is 24.9 Å². The molecule has 512 valence electrons. The standard InChI is InChI=1S/C16H36N.C11H24O4Si.C10H22O5Si.C8H16O4.C6H16O2Si.C3H6O.CH3I.CO2.ClH.FH.H3NP2/c1-5-9-13-17(14-10-6-2,15-11-7-3)16-12-8-4;1-9(2)7-13-11(12)15-10(3)8-14-16(4,5)6;1-8(11)6-13-10(12)15-9(2)7-14-16(3,4)5;1-6(2)5-11-8(10)12-7(3)4-9;1-6(7)5-8-9(2,3)4;1-3-2-4-3;1-2;2-1-3;;;1-3-2/h5-16H2,1-4H3;9-10H,7-8H2,1-6H3;8-9,11H,6-7H2,1-5H3;6-7,9H,4-5H2,1-3H3;6-7H,5H2,1-4H3;3H,2H2,1H3;1H3;;2*1H;1H,2H2/q+1;;;;;;;;;;/p-1. The Morgan fingerprint density at radius 2 is 0.810 bits per heavy atom. The Morgan fingerprint density at radius 3 is 0.988 bits per heavy atom. The van der Waals surface area contributed by atoms with Gasteiger partial charge in [-0.05, 0) is 152 Å². The Kier molecular flexibility index (Phi) is 86.6. The number of unbranched alkanes of at least 4 members (excludes halogenated alkanes) is 4. The van der Waals surface area contributed by atoms with E-state index in [0.29, 0.717) is 51.0 Å². The summed E-state index contributed by atoms with van der Waals surface area (Å²) in [5, 5.41) is 31.0. The van der Waals surface area contributed by atoms with Gasteiger partial charge < -0.3 is 83.4 Å². The lowest BCUT2D eigenvalue weighted by molar-refractivity contribution is -0.929. The summed E-state index contributed by atoms with van der Waals surface area (Å²) in [5.41, 5.74) is 0. The van der Waals surface area contributed by atoms with E-state index in [1.807, 2.05) is 32.6 Å². The second-order valence-electron chi connectivity index (χ2n) is 23.4. The number of ether oxygens (including phenoxy) is 7. The zero-order valence-electron chi connectivity index (χ0n) is 56.9. The van der Waals surface area contributed by atoms with Crippen LogP contribution in [0.15, 0.2) is 0 Å². The highest BCUT2D eigenvalue weighted by Gasteiger charge is 2.25. The van der Waals surface area contributed by atoms with Crippen LogP contribution in [0.4, 0.5) is 14.4 Å². The van der Waals surface area contributed by atoms with Crippen LogP contribution in [-0.2, 0) is 56.0 Å². The lowest BCUT2D eigenvalue weighted by Gasteiger charge is -2.39. The maximum Gasteiger partial charge on any atom is 0.508 e. The summed E-state index contributed by atoms with van der Waals surface area (Å²) in [7, 11) is -1.34. The minimum Gasteiger partial charge on any atom is -1.00 e. The summed E-state index contributed by atoms with van der Waals surface area (Å²) in [4.78, 5) is 51.3. The summed E-state index contributed by atoms with van der Waals surface area (Å²) >= 11 is 2.15. The molecule has 0 bridgehead atoms. The highest BCUT2D eigenvalue weighted by atomic mass is 127. The third-order valence-electron chi connectivity index (χ3n) is 9.36. The second-order valence-corrected chi connectivity index (χ2v) is 38.2. The van der Waals surface area contributed by atoms with Crippen molar-refractivity contribution in [2.45, 2.75) is 244 Å². The number of quaternary nitrogens is 1. The topological polar surface area (TPSA) is 267 Å². The Labute approximate surface area is 538 Å². The van der Waals surface area contributed by atoms with Gasteiger partial charge in [-0.3, -0.25) is 0 Å². The van der Waals surface area contributed by atoms with Crippen molar-refractivity contribution in [2.24, 2.45) is 11.8 Å². The molecule has 20 nitrogen and oxygen atoms in total. The van der Waals surface area contributed by atoms with Crippen LogP contribution in [0, 0.1) is 11.8 Å². The van der Waals surface area contributed by atoms with Crippen molar-refractivity contribution >= 4 is 89.2 Å². The van der Waals surface area contributed by atoms with Crippen LogP contribution < -0.4 is 22.3 Å². The highest BCUT2D eigenvalue weighted by Crippen LogP contribution is 2.17. The quantitative estimate of drug-likeness (QED) is 0.00818. The lowest BCUT2D eigenvalue weighted by atomic mass is 10.1. The number of nitrogens with two attached hydrogens (primary N) is 1. The van der Waals surface area contributed by atoms with Gasteiger partial charge in [-0.15, -0.1) is 0 Å². The van der Waals surface area contributed by atoms with E-state index in [1.165, 1.54) is 89.0 Å². The van der Waals surface area contributed by atoms with E-state index in [9.17, 15) is 14.4 Å². The molecule has 5 N–H and O–H groups in total. The van der Waals surface area contributed by atoms with Gasteiger partial charge in [0, 0.05) is 0 Å². The first-order valence-corrected chi connectivity index (χ1v) is 44.1. The Hall–Kier alpha value is -0.999. The Balaban J connectivity index is -0.0000000972. The molecule has 0 saturated carbocycles. The maximum absolute atomic E-state index is 11.2. The van der Waals surface area contributed by atoms with Crippen molar-refractivity contribution in [1.82, 2.24) is 0 Å². The van der Waals surface area contributed by atoms with E-state index >= 15 is 0 Å². The van der Waals surface area contributed by atoms with Gasteiger partial charge in [0.15, 0.2) is 25.0 Å². The SMILES string of the molecule is CC(C)COC(=O)OC(C)CO.CC(C)COC(=O)OC(C)CO[Si](C)(C)C.CC(O)COC(=O)OC(C)CO[Si](C)(C)C.CC(O)CO[Si](C)(C)C.CC1CO1.CCCC[N+](CCCC)(CCCC)CCCC.CI.O=C=O.[Cl-].[F-].[NH2+]=PP. The fourth-order valence-corrected chi connectivity index (χ4v) is 7.42. The molecule has 0 radical (unpaired) electrons. The van der Waals surface area contributed by atoms with Crippen LogP contribution in [-0.4, -0.2) is 190 Å². The number of alkyl halides is 1.